The highest BCUT2D eigenvalue weighted by molar-refractivity contribution is 7.91. The fourth-order valence-corrected chi connectivity index (χ4v) is 4.36. The van der Waals surface area contributed by atoms with Crippen molar-refractivity contribution in [3.63, 3.8) is 0 Å². The van der Waals surface area contributed by atoms with Crippen LogP contribution in [0, 0.1) is 11.8 Å². The number of carboxylic acid groups (broad SMARTS) is 1. The van der Waals surface area contributed by atoms with E-state index >= 15 is 0 Å². The maximum Gasteiger partial charge on any atom is 0.308 e. The van der Waals surface area contributed by atoms with Gasteiger partial charge in [0.2, 0.25) is 5.91 Å². The lowest BCUT2D eigenvalue weighted by atomic mass is 9.96. The van der Waals surface area contributed by atoms with Crippen LogP contribution in [0.3, 0.4) is 0 Å². The quantitative estimate of drug-likeness (QED) is 0.750. The summed E-state index contributed by atoms with van der Waals surface area (Å²) in [7, 11) is -3.07. The van der Waals surface area contributed by atoms with Crippen LogP contribution in [-0.2, 0) is 19.4 Å². The molecule has 2 unspecified atom stereocenters. The molecule has 0 aliphatic carbocycles. The van der Waals surface area contributed by atoms with Crippen LogP contribution in [0.1, 0.15) is 19.3 Å². The minimum Gasteiger partial charge on any atom is -0.481 e. The number of carbonyl (C=O) groups is 2. The number of hydrogen-bond acceptors (Lipinski definition) is 4. The Labute approximate surface area is 106 Å². The summed E-state index contributed by atoms with van der Waals surface area (Å²) in [6, 6.07) is 0. The van der Waals surface area contributed by atoms with Gasteiger partial charge in [-0.3, -0.25) is 9.59 Å². The molecule has 102 valence electrons. The van der Waals surface area contributed by atoms with Crippen LogP contribution < -0.4 is 0 Å². The van der Waals surface area contributed by atoms with Gasteiger partial charge in [0.15, 0.2) is 9.84 Å². The predicted molar refractivity (Wildman–Crippen MR) is 63.7 cm³/mol. The summed E-state index contributed by atoms with van der Waals surface area (Å²) in [6.45, 7) is 0.754. The first-order valence-electron chi connectivity index (χ1n) is 6.11. The molecule has 2 fully saturated rings. The Balaban J connectivity index is 1.99. The molecule has 1 N–H and O–H groups in total. The van der Waals surface area contributed by atoms with Gasteiger partial charge in [-0.05, 0) is 19.3 Å². The predicted octanol–water partition coefficient (Wildman–Crippen LogP) is -0.256. The average Bonchev–Trinajstić information content (AvgIpc) is 2.69. The Bertz CT molecular complexity index is 458. The standard InChI is InChI=1S/C11H17NO5S/c13-10(9-3-5-18(16,17)7-9)12-4-1-2-8(6-12)11(14)15/h8-9H,1-7H2,(H,14,15). The maximum atomic E-state index is 12.1. The van der Waals surface area contributed by atoms with E-state index in [1.165, 1.54) is 4.90 Å². The smallest absolute Gasteiger partial charge is 0.308 e. The second-order valence-corrected chi connectivity index (χ2v) is 7.29. The summed E-state index contributed by atoms with van der Waals surface area (Å²) in [5.74, 6) is -2.07. The van der Waals surface area contributed by atoms with Crippen molar-refractivity contribution < 1.29 is 23.1 Å². The first-order chi connectivity index (χ1) is 8.39. The number of aliphatic carboxylic acids is 1. The second kappa shape index (κ2) is 4.87. The van der Waals surface area contributed by atoms with Crippen LogP contribution in [-0.4, -0.2) is 54.9 Å². The molecule has 6 nitrogen and oxygen atoms in total. The van der Waals surface area contributed by atoms with Crippen molar-refractivity contribution in [1.82, 2.24) is 4.90 Å². The van der Waals surface area contributed by atoms with E-state index in [9.17, 15) is 18.0 Å². The van der Waals surface area contributed by atoms with Gasteiger partial charge in [-0.2, -0.15) is 0 Å². The van der Waals surface area contributed by atoms with E-state index in [1.807, 2.05) is 0 Å². The highest BCUT2D eigenvalue weighted by atomic mass is 32.2. The van der Waals surface area contributed by atoms with Crippen molar-refractivity contribution in [2.75, 3.05) is 24.6 Å². The van der Waals surface area contributed by atoms with Gasteiger partial charge in [-0.1, -0.05) is 0 Å². The van der Waals surface area contributed by atoms with Crippen LogP contribution in [0.4, 0.5) is 0 Å². The molecule has 0 radical (unpaired) electrons. The molecule has 7 heteroatoms. The molecular formula is C11H17NO5S. The third-order valence-electron chi connectivity index (χ3n) is 3.66. The molecule has 0 bridgehead atoms. The molecule has 0 aromatic heterocycles. The number of hydrogen-bond donors (Lipinski definition) is 1. The van der Waals surface area contributed by atoms with Crippen LogP contribution >= 0.6 is 0 Å². The third kappa shape index (κ3) is 2.82. The molecule has 2 atom stereocenters. The Morgan fingerprint density at radius 3 is 2.44 bits per heavy atom. The normalized spacial score (nSPS) is 31.2. The Morgan fingerprint density at radius 2 is 1.89 bits per heavy atom. The number of nitrogens with zero attached hydrogens (tertiary/aromatic N) is 1. The van der Waals surface area contributed by atoms with E-state index in [0.29, 0.717) is 25.8 Å². The van der Waals surface area contributed by atoms with E-state index in [4.69, 9.17) is 5.11 Å². The fraction of sp³-hybridized carbons (Fsp3) is 0.818. The third-order valence-corrected chi connectivity index (χ3v) is 5.43. The zero-order chi connectivity index (χ0) is 13.3. The van der Waals surface area contributed by atoms with Crippen molar-refractivity contribution >= 4 is 21.7 Å². The van der Waals surface area contributed by atoms with Gasteiger partial charge in [0, 0.05) is 13.1 Å². The average molecular weight is 275 g/mol. The molecular weight excluding hydrogens is 258 g/mol. The van der Waals surface area contributed by atoms with E-state index in [-0.39, 0.29) is 24.0 Å². The Morgan fingerprint density at radius 1 is 1.17 bits per heavy atom. The summed E-state index contributed by atoms with van der Waals surface area (Å²) in [5, 5.41) is 8.95. The van der Waals surface area contributed by atoms with Crippen LogP contribution in [0.5, 0.6) is 0 Å². The second-order valence-electron chi connectivity index (χ2n) is 5.06. The lowest BCUT2D eigenvalue weighted by Gasteiger charge is -2.32. The topological polar surface area (TPSA) is 91.8 Å². The van der Waals surface area contributed by atoms with Crippen molar-refractivity contribution in [2.24, 2.45) is 11.8 Å². The highest BCUT2D eigenvalue weighted by Crippen LogP contribution is 2.24. The van der Waals surface area contributed by atoms with Crippen molar-refractivity contribution in [3.8, 4) is 0 Å². The van der Waals surface area contributed by atoms with Gasteiger partial charge in [0.25, 0.3) is 0 Å². The Kier molecular flexibility index (Phi) is 3.61. The summed E-state index contributed by atoms with van der Waals surface area (Å²) in [6.07, 6.45) is 1.62. The van der Waals surface area contributed by atoms with Crippen LogP contribution in [0.2, 0.25) is 0 Å². The molecule has 2 aliphatic rings. The number of rotatable bonds is 2. The zero-order valence-electron chi connectivity index (χ0n) is 10.0. The Hall–Kier alpha value is -1.11. The molecule has 0 spiro atoms. The minimum absolute atomic E-state index is 0.0691. The van der Waals surface area contributed by atoms with E-state index in [0.717, 1.165) is 0 Å². The molecule has 0 saturated carbocycles. The first kappa shape index (κ1) is 13.3. The molecule has 2 rings (SSSR count). The van der Waals surface area contributed by atoms with Crippen LogP contribution in [0.15, 0.2) is 0 Å². The molecule has 0 aromatic carbocycles. The highest BCUT2D eigenvalue weighted by Gasteiger charge is 2.37. The number of carbonyl (C=O) groups excluding carboxylic acids is 1. The molecule has 1 amide bonds. The van der Waals surface area contributed by atoms with E-state index in [1.54, 1.807) is 0 Å². The van der Waals surface area contributed by atoms with Gasteiger partial charge < -0.3 is 10.0 Å². The lowest BCUT2D eigenvalue weighted by molar-refractivity contribution is -0.146. The molecule has 18 heavy (non-hydrogen) atoms. The summed E-state index contributed by atoms with van der Waals surface area (Å²) in [5.41, 5.74) is 0. The number of piperidine rings is 1. The number of sulfone groups is 1. The largest absolute Gasteiger partial charge is 0.481 e. The van der Waals surface area contributed by atoms with E-state index in [2.05, 4.69) is 0 Å². The van der Waals surface area contributed by atoms with Gasteiger partial charge in [-0.25, -0.2) is 8.42 Å². The summed E-state index contributed by atoms with van der Waals surface area (Å²) < 4.78 is 22.7. The fourth-order valence-electron chi connectivity index (χ4n) is 2.63. The van der Waals surface area contributed by atoms with Gasteiger partial charge in [-0.15, -0.1) is 0 Å². The zero-order valence-corrected chi connectivity index (χ0v) is 10.9. The lowest BCUT2D eigenvalue weighted by Crippen LogP contribution is -2.45. The van der Waals surface area contributed by atoms with Crippen molar-refractivity contribution in [3.05, 3.63) is 0 Å². The van der Waals surface area contributed by atoms with E-state index < -0.39 is 27.6 Å². The van der Waals surface area contributed by atoms with Crippen molar-refractivity contribution in [1.29, 1.82) is 0 Å². The number of amides is 1. The SMILES string of the molecule is O=C(O)C1CCCN(C(=O)C2CCS(=O)(=O)C2)C1. The molecule has 2 aliphatic heterocycles. The van der Waals surface area contributed by atoms with Gasteiger partial charge in [0.1, 0.15) is 0 Å². The molecule has 2 heterocycles. The summed E-state index contributed by atoms with van der Waals surface area (Å²) >= 11 is 0. The number of carboxylic acids is 1. The minimum atomic E-state index is -3.07. The first-order valence-corrected chi connectivity index (χ1v) is 7.93. The van der Waals surface area contributed by atoms with Crippen LogP contribution in [0.25, 0.3) is 0 Å². The molecule has 2 saturated heterocycles. The molecule has 0 aromatic rings. The number of likely N-dealkylation sites (tertiary alicyclic amines) is 1. The van der Waals surface area contributed by atoms with Gasteiger partial charge >= 0.3 is 5.97 Å². The summed E-state index contributed by atoms with van der Waals surface area (Å²) in [4.78, 5) is 24.6. The van der Waals surface area contributed by atoms with Gasteiger partial charge in [0.05, 0.1) is 23.3 Å². The van der Waals surface area contributed by atoms with Crippen molar-refractivity contribution in [2.45, 2.75) is 19.3 Å². The maximum absolute atomic E-state index is 12.1. The monoisotopic (exact) mass is 275 g/mol.